The Hall–Kier alpha value is -1.02. The highest BCUT2D eigenvalue weighted by Crippen LogP contribution is 2.22. The largest absolute Gasteiger partial charge is 0.496 e. The van der Waals surface area contributed by atoms with E-state index in [2.05, 4.69) is 51.2 Å². The maximum Gasteiger partial charge on any atom is 0.122 e. The highest BCUT2D eigenvalue weighted by Gasteiger charge is 2.12. The van der Waals surface area contributed by atoms with Gasteiger partial charge in [0, 0.05) is 6.04 Å². The number of rotatable bonds is 9. The van der Waals surface area contributed by atoms with E-state index in [0.29, 0.717) is 6.04 Å². The number of aryl methyl sites for hydroxylation is 2. The molecule has 0 aliphatic heterocycles. The Bertz CT molecular complexity index is 387. The van der Waals surface area contributed by atoms with Crippen molar-refractivity contribution in [2.75, 3.05) is 13.7 Å². The van der Waals surface area contributed by atoms with Gasteiger partial charge in [0.15, 0.2) is 0 Å². The molecule has 1 N–H and O–H groups in total. The SMILES string of the molecule is CCCNC(CCc1cc(C)ccc1OC)CC(C)C. The van der Waals surface area contributed by atoms with Gasteiger partial charge in [-0.25, -0.2) is 0 Å². The summed E-state index contributed by atoms with van der Waals surface area (Å²) >= 11 is 0. The van der Waals surface area contributed by atoms with Gasteiger partial charge in [-0.1, -0.05) is 38.5 Å². The van der Waals surface area contributed by atoms with Crippen molar-refractivity contribution in [3.05, 3.63) is 29.3 Å². The highest BCUT2D eigenvalue weighted by atomic mass is 16.5. The zero-order valence-electron chi connectivity index (χ0n) is 13.8. The average molecular weight is 277 g/mol. The minimum Gasteiger partial charge on any atom is -0.496 e. The first-order valence-corrected chi connectivity index (χ1v) is 7.93. The second kappa shape index (κ2) is 9.02. The summed E-state index contributed by atoms with van der Waals surface area (Å²) in [6, 6.07) is 7.07. The topological polar surface area (TPSA) is 21.3 Å². The van der Waals surface area contributed by atoms with Crippen molar-refractivity contribution in [2.24, 2.45) is 5.92 Å². The van der Waals surface area contributed by atoms with Crippen LogP contribution >= 0.6 is 0 Å². The van der Waals surface area contributed by atoms with Crippen LogP contribution in [0.2, 0.25) is 0 Å². The fourth-order valence-electron chi connectivity index (χ4n) is 2.65. The lowest BCUT2D eigenvalue weighted by molar-refractivity contribution is 0.388. The molecule has 0 bridgehead atoms. The number of ether oxygens (including phenoxy) is 1. The van der Waals surface area contributed by atoms with Gasteiger partial charge < -0.3 is 10.1 Å². The van der Waals surface area contributed by atoms with E-state index in [1.54, 1.807) is 7.11 Å². The summed E-state index contributed by atoms with van der Waals surface area (Å²) in [6.07, 6.45) is 4.70. The van der Waals surface area contributed by atoms with Gasteiger partial charge in [0.05, 0.1) is 7.11 Å². The molecule has 0 spiro atoms. The van der Waals surface area contributed by atoms with Crippen LogP contribution in [-0.4, -0.2) is 19.7 Å². The zero-order valence-corrected chi connectivity index (χ0v) is 13.8. The molecule has 0 radical (unpaired) electrons. The summed E-state index contributed by atoms with van der Waals surface area (Å²) in [5.74, 6) is 1.76. The molecule has 1 unspecified atom stereocenters. The third-order valence-corrected chi connectivity index (χ3v) is 3.64. The van der Waals surface area contributed by atoms with Gasteiger partial charge in [-0.15, -0.1) is 0 Å². The fraction of sp³-hybridized carbons (Fsp3) is 0.667. The van der Waals surface area contributed by atoms with E-state index in [9.17, 15) is 0 Å². The Labute approximate surface area is 124 Å². The molecular weight excluding hydrogens is 246 g/mol. The Kier molecular flexibility index (Phi) is 7.68. The molecular formula is C18H31NO. The highest BCUT2D eigenvalue weighted by molar-refractivity contribution is 5.36. The van der Waals surface area contributed by atoms with Crippen molar-refractivity contribution in [1.82, 2.24) is 5.32 Å². The Balaban J connectivity index is 2.63. The maximum atomic E-state index is 5.47. The number of hydrogen-bond acceptors (Lipinski definition) is 2. The van der Waals surface area contributed by atoms with Crippen LogP contribution in [0.25, 0.3) is 0 Å². The van der Waals surface area contributed by atoms with Gasteiger partial charge in [-0.3, -0.25) is 0 Å². The first kappa shape index (κ1) is 17.0. The molecule has 2 heteroatoms. The van der Waals surface area contributed by atoms with E-state index < -0.39 is 0 Å². The summed E-state index contributed by atoms with van der Waals surface area (Å²) in [5, 5.41) is 3.68. The summed E-state index contributed by atoms with van der Waals surface area (Å²) in [7, 11) is 1.76. The monoisotopic (exact) mass is 277 g/mol. The van der Waals surface area contributed by atoms with Gasteiger partial charge in [-0.05, 0) is 56.7 Å². The Morgan fingerprint density at radius 2 is 2.00 bits per heavy atom. The van der Waals surface area contributed by atoms with E-state index in [1.165, 1.54) is 30.4 Å². The van der Waals surface area contributed by atoms with Crippen molar-refractivity contribution in [2.45, 2.75) is 59.4 Å². The molecule has 0 saturated heterocycles. The standard InChI is InChI=1S/C18H31NO/c1-6-11-19-17(12-14(2)3)9-8-16-13-15(4)7-10-18(16)20-5/h7,10,13-14,17,19H,6,8-9,11-12H2,1-5H3. The van der Waals surface area contributed by atoms with Crippen molar-refractivity contribution < 1.29 is 4.74 Å². The van der Waals surface area contributed by atoms with Crippen molar-refractivity contribution in [3.63, 3.8) is 0 Å². The quantitative estimate of drug-likeness (QED) is 0.724. The first-order chi connectivity index (χ1) is 9.56. The lowest BCUT2D eigenvalue weighted by Gasteiger charge is -2.21. The van der Waals surface area contributed by atoms with E-state index in [0.717, 1.165) is 24.6 Å². The fourth-order valence-corrected chi connectivity index (χ4v) is 2.65. The third kappa shape index (κ3) is 5.96. The lowest BCUT2D eigenvalue weighted by Crippen LogP contribution is -2.31. The molecule has 0 aliphatic rings. The summed E-state index contributed by atoms with van der Waals surface area (Å²) in [6.45, 7) is 10.1. The van der Waals surface area contributed by atoms with Crippen LogP contribution in [0.4, 0.5) is 0 Å². The number of nitrogens with one attached hydrogen (secondary N) is 1. The molecule has 1 rings (SSSR count). The average Bonchev–Trinajstić information content (AvgIpc) is 2.41. The second-order valence-corrected chi connectivity index (χ2v) is 6.13. The molecule has 0 heterocycles. The van der Waals surface area contributed by atoms with Crippen LogP contribution in [0.15, 0.2) is 18.2 Å². The number of benzene rings is 1. The van der Waals surface area contributed by atoms with E-state index in [-0.39, 0.29) is 0 Å². The molecule has 1 aromatic carbocycles. The predicted octanol–water partition coefficient (Wildman–Crippen LogP) is 4.35. The normalized spacial score (nSPS) is 12.7. The van der Waals surface area contributed by atoms with Crippen LogP contribution in [0, 0.1) is 12.8 Å². The molecule has 0 amide bonds. The van der Waals surface area contributed by atoms with Crippen LogP contribution in [0.1, 0.15) is 51.2 Å². The van der Waals surface area contributed by atoms with Gasteiger partial charge >= 0.3 is 0 Å². The van der Waals surface area contributed by atoms with E-state index in [4.69, 9.17) is 4.74 Å². The maximum absolute atomic E-state index is 5.47. The lowest BCUT2D eigenvalue weighted by atomic mass is 9.96. The van der Waals surface area contributed by atoms with Crippen LogP contribution < -0.4 is 10.1 Å². The molecule has 2 nitrogen and oxygen atoms in total. The van der Waals surface area contributed by atoms with Gasteiger partial charge in [-0.2, -0.15) is 0 Å². The number of methoxy groups -OCH3 is 1. The molecule has 0 saturated carbocycles. The molecule has 114 valence electrons. The van der Waals surface area contributed by atoms with Crippen molar-refractivity contribution in [3.8, 4) is 5.75 Å². The third-order valence-electron chi connectivity index (χ3n) is 3.64. The Morgan fingerprint density at radius 1 is 1.25 bits per heavy atom. The Morgan fingerprint density at radius 3 is 2.60 bits per heavy atom. The first-order valence-electron chi connectivity index (χ1n) is 7.93. The van der Waals surface area contributed by atoms with Gasteiger partial charge in [0.1, 0.15) is 5.75 Å². The smallest absolute Gasteiger partial charge is 0.122 e. The van der Waals surface area contributed by atoms with Gasteiger partial charge in [0.25, 0.3) is 0 Å². The van der Waals surface area contributed by atoms with Crippen molar-refractivity contribution >= 4 is 0 Å². The van der Waals surface area contributed by atoms with E-state index in [1.807, 2.05) is 0 Å². The van der Waals surface area contributed by atoms with Crippen LogP contribution in [-0.2, 0) is 6.42 Å². The van der Waals surface area contributed by atoms with Crippen LogP contribution in [0.3, 0.4) is 0 Å². The molecule has 20 heavy (non-hydrogen) atoms. The summed E-state index contributed by atoms with van der Waals surface area (Å²) in [4.78, 5) is 0. The second-order valence-electron chi connectivity index (χ2n) is 6.13. The molecule has 1 aromatic rings. The molecule has 1 atom stereocenters. The van der Waals surface area contributed by atoms with E-state index >= 15 is 0 Å². The molecule has 0 aromatic heterocycles. The summed E-state index contributed by atoms with van der Waals surface area (Å²) in [5.41, 5.74) is 2.64. The van der Waals surface area contributed by atoms with Crippen molar-refractivity contribution in [1.29, 1.82) is 0 Å². The molecule has 0 fully saturated rings. The molecule has 0 aliphatic carbocycles. The predicted molar refractivity (Wildman–Crippen MR) is 87.6 cm³/mol. The van der Waals surface area contributed by atoms with Gasteiger partial charge in [0.2, 0.25) is 0 Å². The minimum absolute atomic E-state index is 0.611. The number of hydrogen-bond donors (Lipinski definition) is 1. The van der Waals surface area contributed by atoms with Crippen LogP contribution in [0.5, 0.6) is 5.75 Å². The zero-order chi connectivity index (χ0) is 15.0. The minimum atomic E-state index is 0.611. The summed E-state index contributed by atoms with van der Waals surface area (Å²) < 4.78 is 5.47.